The largest absolute Gasteiger partial charge is 0.478 e. The van der Waals surface area contributed by atoms with Gasteiger partial charge in [0.05, 0.1) is 5.56 Å². The number of halogens is 1. The number of nitrogens with zero attached hydrogens (tertiary/aromatic N) is 1. The van der Waals surface area contributed by atoms with Gasteiger partial charge in [0.2, 0.25) is 5.89 Å². The van der Waals surface area contributed by atoms with Gasteiger partial charge in [0, 0.05) is 10.6 Å². The molecule has 20 heavy (non-hydrogen) atoms. The smallest absolute Gasteiger partial charge is 0.335 e. The highest BCUT2D eigenvalue weighted by atomic mass is 35.5. The molecule has 1 aromatic heterocycles. The zero-order chi connectivity index (χ0) is 14.3. The number of carboxylic acids is 1. The van der Waals surface area contributed by atoms with Crippen molar-refractivity contribution in [3.63, 3.8) is 0 Å². The number of hydrogen-bond acceptors (Lipinski definition) is 3. The third-order valence-electron chi connectivity index (χ3n) is 3.00. The van der Waals surface area contributed by atoms with Crippen LogP contribution < -0.4 is 0 Å². The number of aromatic carboxylic acids is 1. The number of aryl methyl sites for hydroxylation is 1. The molecule has 0 spiro atoms. The van der Waals surface area contributed by atoms with Crippen LogP contribution in [-0.4, -0.2) is 16.1 Å². The van der Waals surface area contributed by atoms with Crippen molar-refractivity contribution < 1.29 is 14.3 Å². The van der Waals surface area contributed by atoms with Gasteiger partial charge < -0.3 is 9.52 Å². The predicted octanol–water partition coefficient (Wildman–Crippen LogP) is 4.15. The molecule has 0 aliphatic heterocycles. The number of fused-ring (bicyclic) bond motifs is 1. The van der Waals surface area contributed by atoms with Crippen LogP contribution in [0.1, 0.15) is 15.9 Å². The maximum absolute atomic E-state index is 11.0. The fourth-order valence-electron chi connectivity index (χ4n) is 2.07. The second-order valence-corrected chi connectivity index (χ2v) is 4.91. The minimum atomic E-state index is -0.984. The number of oxazole rings is 1. The fraction of sp³-hybridized carbons (Fsp3) is 0.0667. The van der Waals surface area contributed by atoms with Crippen LogP contribution in [0, 0.1) is 6.92 Å². The summed E-state index contributed by atoms with van der Waals surface area (Å²) < 4.78 is 5.71. The SMILES string of the molecule is Cc1cc(Cl)cc2nc(-c3cccc(C(=O)O)c3)oc12. The lowest BCUT2D eigenvalue weighted by Crippen LogP contribution is -1.95. The van der Waals surface area contributed by atoms with E-state index in [0.717, 1.165) is 5.56 Å². The van der Waals surface area contributed by atoms with Gasteiger partial charge in [-0.3, -0.25) is 0 Å². The molecule has 0 radical (unpaired) electrons. The Hall–Kier alpha value is -2.33. The average molecular weight is 288 g/mol. The Morgan fingerprint density at radius 2 is 2.10 bits per heavy atom. The molecule has 100 valence electrons. The molecule has 0 saturated carbocycles. The second-order valence-electron chi connectivity index (χ2n) is 4.48. The Morgan fingerprint density at radius 3 is 2.85 bits per heavy atom. The molecule has 0 saturated heterocycles. The molecule has 0 aliphatic carbocycles. The predicted molar refractivity (Wildman–Crippen MR) is 76.2 cm³/mol. The molecule has 0 unspecified atom stereocenters. The monoisotopic (exact) mass is 287 g/mol. The molecule has 0 fully saturated rings. The minimum Gasteiger partial charge on any atom is -0.478 e. The van der Waals surface area contributed by atoms with Gasteiger partial charge in [-0.15, -0.1) is 0 Å². The molecular formula is C15H10ClNO3. The molecule has 1 N–H and O–H groups in total. The Morgan fingerprint density at radius 1 is 1.30 bits per heavy atom. The van der Waals surface area contributed by atoms with Crippen LogP contribution in [0.3, 0.4) is 0 Å². The highest BCUT2D eigenvalue weighted by molar-refractivity contribution is 6.31. The topological polar surface area (TPSA) is 63.3 Å². The van der Waals surface area contributed by atoms with E-state index in [1.807, 2.05) is 6.92 Å². The van der Waals surface area contributed by atoms with Crippen LogP contribution in [0.2, 0.25) is 5.02 Å². The first-order valence-corrected chi connectivity index (χ1v) is 6.33. The van der Waals surface area contributed by atoms with Crippen molar-refractivity contribution in [3.8, 4) is 11.5 Å². The van der Waals surface area contributed by atoms with Crippen LogP contribution in [0.25, 0.3) is 22.6 Å². The van der Waals surface area contributed by atoms with E-state index in [9.17, 15) is 4.79 Å². The summed E-state index contributed by atoms with van der Waals surface area (Å²) in [4.78, 5) is 15.3. The average Bonchev–Trinajstić information content (AvgIpc) is 2.83. The molecule has 0 bridgehead atoms. The van der Waals surface area contributed by atoms with Gasteiger partial charge in [-0.1, -0.05) is 17.7 Å². The summed E-state index contributed by atoms with van der Waals surface area (Å²) in [6.07, 6.45) is 0. The van der Waals surface area contributed by atoms with Gasteiger partial charge in [-0.25, -0.2) is 9.78 Å². The van der Waals surface area contributed by atoms with Crippen LogP contribution >= 0.6 is 11.6 Å². The van der Waals surface area contributed by atoms with Crippen molar-refractivity contribution >= 4 is 28.7 Å². The lowest BCUT2D eigenvalue weighted by atomic mass is 10.1. The third kappa shape index (κ3) is 2.14. The zero-order valence-electron chi connectivity index (χ0n) is 10.6. The lowest BCUT2D eigenvalue weighted by molar-refractivity contribution is 0.0697. The number of aromatic nitrogens is 1. The van der Waals surface area contributed by atoms with Crippen molar-refractivity contribution in [2.45, 2.75) is 6.92 Å². The van der Waals surface area contributed by atoms with Crippen molar-refractivity contribution in [3.05, 3.63) is 52.5 Å². The Bertz CT molecular complexity index is 823. The summed E-state index contributed by atoms with van der Waals surface area (Å²) in [5.74, 6) is -0.601. The highest BCUT2D eigenvalue weighted by Gasteiger charge is 2.12. The summed E-state index contributed by atoms with van der Waals surface area (Å²) in [6.45, 7) is 1.89. The van der Waals surface area contributed by atoms with E-state index in [4.69, 9.17) is 21.1 Å². The normalized spacial score (nSPS) is 10.9. The van der Waals surface area contributed by atoms with E-state index in [-0.39, 0.29) is 5.56 Å². The van der Waals surface area contributed by atoms with Gasteiger partial charge in [0.15, 0.2) is 5.58 Å². The Balaban J connectivity index is 2.17. The van der Waals surface area contributed by atoms with Crippen LogP contribution in [0.5, 0.6) is 0 Å². The second kappa shape index (κ2) is 4.65. The zero-order valence-corrected chi connectivity index (χ0v) is 11.3. The van der Waals surface area contributed by atoms with Gasteiger partial charge in [0.25, 0.3) is 0 Å². The first-order chi connectivity index (χ1) is 9.54. The third-order valence-corrected chi connectivity index (χ3v) is 3.22. The van der Waals surface area contributed by atoms with Crippen molar-refractivity contribution in [2.75, 3.05) is 0 Å². The molecule has 3 rings (SSSR count). The number of rotatable bonds is 2. The molecule has 4 nitrogen and oxygen atoms in total. The highest BCUT2D eigenvalue weighted by Crippen LogP contribution is 2.29. The van der Waals surface area contributed by atoms with Gasteiger partial charge in [-0.05, 0) is 42.8 Å². The van der Waals surface area contributed by atoms with Crippen LogP contribution in [0.4, 0.5) is 0 Å². The van der Waals surface area contributed by atoms with Crippen LogP contribution in [0.15, 0.2) is 40.8 Å². The molecule has 0 amide bonds. The maximum atomic E-state index is 11.0. The fourth-order valence-corrected chi connectivity index (χ4v) is 2.33. The first-order valence-electron chi connectivity index (χ1n) is 5.95. The van der Waals surface area contributed by atoms with Crippen molar-refractivity contribution in [1.29, 1.82) is 0 Å². The van der Waals surface area contributed by atoms with E-state index in [1.165, 1.54) is 12.1 Å². The number of carboxylic acid groups (broad SMARTS) is 1. The van der Waals surface area contributed by atoms with E-state index < -0.39 is 5.97 Å². The quantitative estimate of drug-likeness (QED) is 0.769. The molecule has 0 atom stereocenters. The summed E-state index contributed by atoms with van der Waals surface area (Å²) >= 11 is 5.99. The van der Waals surface area contributed by atoms with Gasteiger partial charge in [0.1, 0.15) is 5.52 Å². The number of hydrogen-bond donors (Lipinski definition) is 1. The molecule has 0 aliphatic rings. The standard InChI is InChI=1S/C15H10ClNO3/c1-8-5-11(16)7-12-13(8)20-14(17-12)9-3-2-4-10(6-9)15(18)19/h2-7H,1H3,(H,18,19). The number of carbonyl (C=O) groups is 1. The van der Waals surface area contributed by atoms with Gasteiger partial charge in [-0.2, -0.15) is 0 Å². The molecule has 2 aromatic carbocycles. The first kappa shape index (κ1) is 12.7. The number of benzene rings is 2. The van der Waals surface area contributed by atoms with Crippen molar-refractivity contribution in [2.24, 2.45) is 0 Å². The molecule has 1 heterocycles. The van der Waals surface area contributed by atoms with E-state index >= 15 is 0 Å². The van der Waals surface area contributed by atoms with Crippen LogP contribution in [-0.2, 0) is 0 Å². The maximum Gasteiger partial charge on any atom is 0.335 e. The summed E-state index contributed by atoms with van der Waals surface area (Å²) in [5.41, 5.74) is 3.02. The Kier molecular flexibility index (Phi) is 2.95. The molecular weight excluding hydrogens is 278 g/mol. The molecule has 5 heteroatoms. The Labute approximate surface area is 119 Å². The minimum absolute atomic E-state index is 0.194. The van der Waals surface area contributed by atoms with Crippen molar-refractivity contribution in [1.82, 2.24) is 4.98 Å². The van der Waals surface area contributed by atoms with E-state index in [2.05, 4.69) is 4.98 Å². The summed E-state index contributed by atoms with van der Waals surface area (Å²) in [6, 6.07) is 9.99. The lowest BCUT2D eigenvalue weighted by Gasteiger charge is -1.97. The summed E-state index contributed by atoms with van der Waals surface area (Å²) in [5, 5.41) is 9.60. The molecule has 3 aromatic rings. The van der Waals surface area contributed by atoms with E-state index in [0.29, 0.717) is 27.6 Å². The summed E-state index contributed by atoms with van der Waals surface area (Å²) in [7, 11) is 0. The van der Waals surface area contributed by atoms with E-state index in [1.54, 1.807) is 24.3 Å². The van der Waals surface area contributed by atoms with Gasteiger partial charge >= 0.3 is 5.97 Å².